The van der Waals surface area contributed by atoms with Crippen molar-refractivity contribution in [1.29, 1.82) is 0 Å². The van der Waals surface area contributed by atoms with Crippen molar-refractivity contribution in [2.75, 3.05) is 0 Å². The Morgan fingerprint density at radius 1 is 0.270 bits per heavy atom. The predicted octanol–water partition coefficient (Wildman–Crippen LogP) is 24.0. The maximum Gasteiger partial charge on any atom is 0.354 e. The van der Waals surface area contributed by atoms with E-state index in [2.05, 4.69) is 243 Å². The fraction of sp³-hybridized carbons (Fsp3) is 0.0385. The number of hydrogen-bond donors (Lipinski definition) is 4. The number of aryl methyl sites for hydroxylation is 4. The molecule has 0 amide bonds. The van der Waals surface area contributed by atoms with Crippen molar-refractivity contribution >= 4 is 110 Å². The first kappa shape index (κ1) is 96.1. The molecule has 8 aromatic heterocycles. The third kappa shape index (κ3) is 24.6. The van der Waals surface area contributed by atoms with E-state index in [1.807, 2.05) is 92.2 Å². The summed E-state index contributed by atoms with van der Waals surface area (Å²) in [7, 11) is 0. The van der Waals surface area contributed by atoms with Crippen LogP contribution in [0.1, 0.15) is 64.2 Å². The normalized spacial score (nSPS) is 10.1. The van der Waals surface area contributed by atoms with Crippen LogP contribution in [0.5, 0.6) is 0 Å². The van der Waals surface area contributed by atoms with Gasteiger partial charge in [0.15, 0.2) is 0 Å². The number of aromatic nitrogens is 8. The van der Waals surface area contributed by atoms with E-state index in [9.17, 15) is 28.0 Å². The van der Waals surface area contributed by atoms with Crippen molar-refractivity contribution in [2.45, 2.75) is 27.7 Å². The first-order chi connectivity index (χ1) is 59.3. The summed E-state index contributed by atoms with van der Waals surface area (Å²) >= 11 is 0. The molecule has 0 saturated heterocycles. The molecule has 4 radical (unpaired) electrons. The van der Waals surface area contributed by atoms with Crippen molar-refractivity contribution in [1.82, 2.24) is 39.9 Å². The molecule has 632 valence electrons. The van der Waals surface area contributed by atoms with E-state index in [-0.39, 0.29) is 109 Å². The minimum atomic E-state index is -0.990. The van der Waals surface area contributed by atoms with Gasteiger partial charge in [0.1, 0.15) is 22.8 Å². The second kappa shape index (κ2) is 46.7. The number of nitrogens with zero attached hydrogens (tertiary/aromatic N) is 8. The van der Waals surface area contributed by atoms with Crippen molar-refractivity contribution in [2.24, 2.45) is 0 Å². The number of halogens is 2. The first-order valence-corrected chi connectivity index (χ1v) is 38.3. The Labute approximate surface area is 778 Å². The molecule has 0 bridgehead atoms. The standard InChI is InChI=1S/C21H16N.C20H14N.C19H10F2N.C19H12N.C7H7NO2.3C6H5NO2.4Ir/c1-14-11-15(2)13-17(12-14)21-20-8-7-16-5-3-4-6-18(16)19(20)9-10-22-21;1-14-5-4-7-16(13-14)20-19-10-9-15-6-2-3-8-17(15)18(19)11-12-21-20;20-13-6-8-17(18(21)11-13)19-16-7-5-12-3-1-2-4-14(12)15(16)9-10-22-19;1-2-7-15(8-3-1)19-18-11-10-14-6-4-5-9-16(14)17(18)12-13-20-19;1-5-2-3-8-6(4-5)7(9)10;3*8-6(9)5-3-1-2-4-7-5;;;;/h3-12H,1-2H3;2-6,8-13H,1H3;1-7,9-11H;1-7,9-13H;2-4H,1H3,(H,9,10);3*1-4H,(H,8,9);;;;/q4*-1;;;;;;;;. The van der Waals surface area contributed by atoms with Crippen LogP contribution in [0.3, 0.4) is 0 Å². The van der Waals surface area contributed by atoms with Crippen LogP contribution >= 0.6 is 0 Å². The van der Waals surface area contributed by atoms with Crippen LogP contribution in [0.4, 0.5) is 8.78 Å². The van der Waals surface area contributed by atoms with Gasteiger partial charge in [0.25, 0.3) is 0 Å². The molecule has 0 spiro atoms. The van der Waals surface area contributed by atoms with Gasteiger partial charge in [-0.2, -0.15) is 0 Å². The Hall–Kier alpha value is -13.7. The van der Waals surface area contributed by atoms with Crippen molar-refractivity contribution in [3.8, 4) is 45.0 Å². The van der Waals surface area contributed by atoms with Gasteiger partial charge in [0, 0.05) is 142 Å². The Kier molecular flexibility index (Phi) is 35.6. The molecule has 0 atom stereocenters. The molecule has 126 heavy (non-hydrogen) atoms. The molecule has 0 saturated carbocycles. The summed E-state index contributed by atoms with van der Waals surface area (Å²) in [5.74, 6) is -5.26. The zero-order valence-corrected chi connectivity index (χ0v) is 77.2. The van der Waals surface area contributed by atoms with Gasteiger partial charge in [-0.3, -0.25) is 8.78 Å². The molecular weight excluding hydrogens is 2300 g/mol. The molecule has 12 aromatic carbocycles. The van der Waals surface area contributed by atoms with Crippen LogP contribution in [0.15, 0.2) is 353 Å². The van der Waals surface area contributed by atoms with Gasteiger partial charge in [-0.05, 0) is 194 Å². The molecule has 0 aliphatic carbocycles. The first-order valence-electron chi connectivity index (χ1n) is 38.3. The van der Waals surface area contributed by atoms with Crippen LogP contribution in [0, 0.1) is 63.6 Å². The molecule has 0 fully saturated rings. The Morgan fingerprint density at radius 3 is 0.976 bits per heavy atom. The van der Waals surface area contributed by atoms with E-state index in [0.29, 0.717) is 5.69 Å². The van der Waals surface area contributed by atoms with Gasteiger partial charge in [0.2, 0.25) is 0 Å². The molecule has 0 aliphatic heterocycles. The maximum absolute atomic E-state index is 14.1. The maximum atomic E-state index is 14.1. The SMILES string of the molecule is Cc1[c-]c(-c2nccc3c2ccc2ccccc23)cc(C)c1.Cc1cc[c-]c(-c2nccc3c2ccc2ccccc23)c1.Cc1ccnc(C(=O)O)c1.Fc1c[c-]c(-c2nccc3c2ccc2ccccc23)c(F)c1.O=C(O)c1ccccn1.O=C(O)c1ccccn1.O=C(O)c1ccccn1.[Ir].[Ir].[Ir].[Ir].[c-]1ccccc1-c1nccc2c1ccc1ccccc12. The number of carboxylic acids is 4. The van der Waals surface area contributed by atoms with Crippen LogP contribution in [0.2, 0.25) is 0 Å². The molecule has 20 rings (SSSR count). The van der Waals surface area contributed by atoms with E-state index in [4.69, 9.17) is 20.4 Å². The van der Waals surface area contributed by atoms with Gasteiger partial charge >= 0.3 is 23.9 Å². The van der Waals surface area contributed by atoms with Gasteiger partial charge in [-0.25, -0.2) is 39.1 Å². The van der Waals surface area contributed by atoms with Gasteiger partial charge in [-0.1, -0.05) is 196 Å². The topological polar surface area (TPSA) is 252 Å². The summed E-state index contributed by atoms with van der Waals surface area (Å²) in [6.45, 7) is 8.12. The zero-order chi connectivity index (χ0) is 85.4. The smallest absolute Gasteiger partial charge is 0.354 e. The molecule has 4 N–H and O–H groups in total. The molecule has 0 unspecified atom stereocenters. The Balaban J connectivity index is 0.000000167. The molecule has 0 aliphatic rings. The minimum Gasteiger partial charge on any atom is -0.477 e. The number of benzene rings is 12. The Bertz CT molecular complexity index is 7030. The number of aromatic carboxylic acids is 4. The number of carboxylic acid groups (broad SMARTS) is 4. The quantitative estimate of drug-likeness (QED) is 0.0815. The number of pyridine rings is 8. The molecule has 22 heteroatoms. The van der Waals surface area contributed by atoms with Crippen molar-refractivity contribution in [3.63, 3.8) is 0 Å². The number of rotatable bonds is 8. The number of hydrogen-bond acceptors (Lipinski definition) is 12. The van der Waals surface area contributed by atoms with E-state index in [1.54, 1.807) is 48.7 Å². The summed E-state index contributed by atoms with van der Waals surface area (Å²) in [5.41, 5.74) is 11.7. The van der Waals surface area contributed by atoms with Crippen LogP contribution in [-0.4, -0.2) is 84.2 Å². The molecule has 8 heterocycles. The van der Waals surface area contributed by atoms with Gasteiger partial charge in [0.05, 0.1) is 0 Å². The summed E-state index contributed by atoms with van der Waals surface area (Å²) in [5, 5.41) is 52.3. The summed E-state index contributed by atoms with van der Waals surface area (Å²) < 4.78 is 27.2. The van der Waals surface area contributed by atoms with Crippen LogP contribution in [0.25, 0.3) is 131 Å². The Morgan fingerprint density at radius 2 is 0.619 bits per heavy atom. The fourth-order valence-electron chi connectivity index (χ4n) is 13.6. The summed E-state index contributed by atoms with van der Waals surface area (Å²) in [6, 6.07) is 109. The second-order valence-electron chi connectivity index (χ2n) is 27.6. The predicted molar refractivity (Wildman–Crippen MR) is 478 cm³/mol. The molecule has 20 aromatic rings. The largest absolute Gasteiger partial charge is 0.477 e. The zero-order valence-electron chi connectivity index (χ0n) is 67.6. The van der Waals surface area contributed by atoms with E-state index >= 15 is 0 Å². The van der Waals surface area contributed by atoms with Crippen molar-refractivity contribution < 1.29 is 129 Å². The third-order valence-corrected chi connectivity index (χ3v) is 19.1. The summed E-state index contributed by atoms with van der Waals surface area (Å²) in [6.07, 6.45) is 13.1. The van der Waals surface area contributed by atoms with Gasteiger partial charge < -0.3 is 40.4 Å². The van der Waals surface area contributed by atoms with Crippen LogP contribution in [-0.2, 0) is 80.4 Å². The number of fused-ring (bicyclic) bond motifs is 12. The average Bonchev–Trinajstić information content (AvgIpc) is 0.787. The molecule has 16 nitrogen and oxygen atoms in total. The minimum absolute atomic E-state index is 0. The van der Waals surface area contributed by atoms with E-state index < -0.39 is 35.5 Å². The van der Waals surface area contributed by atoms with E-state index in [0.717, 1.165) is 78.6 Å². The molecular formula is C104H74F2Ir4N8O8-4. The van der Waals surface area contributed by atoms with Gasteiger partial charge in [-0.15, -0.1) is 118 Å². The second-order valence-corrected chi connectivity index (χ2v) is 27.6. The van der Waals surface area contributed by atoms with Crippen LogP contribution < -0.4 is 0 Å². The third-order valence-electron chi connectivity index (χ3n) is 19.1. The van der Waals surface area contributed by atoms with E-state index in [1.165, 1.54) is 125 Å². The fourth-order valence-corrected chi connectivity index (χ4v) is 13.6. The monoisotopic (exact) mass is 2370 g/mol. The average molecular weight is 2370 g/mol. The van der Waals surface area contributed by atoms with Crippen molar-refractivity contribution in [3.05, 3.63) is 434 Å². The summed E-state index contributed by atoms with van der Waals surface area (Å²) in [4.78, 5) is 73.1. The number of carbonyl (C=O) groups is 4.